The van der Waals surface area contributed by atoms with Gasteiger partial charge in [0.1, 0.15) is 6.54 Å². The van der Waals surface area contributed by atoms with Gasteiger partial charge in [0.25, 0.3) is 0 Å². The molecule has 2 spiro atoms. The lowest BCUT2D eigenvalue weighted by Gasteiger charge is -2.32. The van der Waals surface area contributed by atoms with Gasteiger partial charge in [0, 0.05) is 18.8 Å². The number of quaternary nitrogens is 1. The molecule has 4 rings (SSSR count). The van der Waals surface area contributed by atoms with Crippen LogP contribution in [0.2, 0.25) is 0 Å². The quantitative estimate of drug-likeness (QED) is 0.328. The van der Waals surface area contributed by atoms with Crippen LogP contribution in [0.25, 0.3) is 0 Å². The maximum atomic E-state index is 1.62. The van der Waals surface area contributed by atoms with Crippen molar-refractivity contribution in [2.24, 2.45) is 5.92 Å². The van der Waals surface area contributed by atoms with Gasteiger partial charge in [-0.05, 0) is 6.42 Å². The zero-order chi connectivity index (χ0) is 5.69. The minimum Gasteiger partial charge on any atom is -0.296 e. The normalized spacial score (nSPS) is 80.0. The fourth-order valence-electron chi connectivity index (χ4n) is 4.08. The maximum absolute atomic E-state index is 1.62. The van der Waals surface area contributed by atoms with E-state index >= 15 is 0 Å². The van der Waals surface area contributed by atoms with Crippen LogP contribution in [-0.2, 0) is 0 Å². The van der Waals surface area contributed by atoms with Crippen molar-refractivity contribution in [1.29, 1.82) is 0 Å². The van der Waals surface area contributed by atoms with Gasteiger partial charge in [0.05, 0.1) is 6.54 Å². The zero-order valence-electron chi connectivity index (χ0n) is 5.64. The Morgan fingerprint density at radius 3 is 2.67 bits per heavy atom. The summed E-state index contributed by atoms with van der Waals surface area (Å²) < 4.78 is 1.62. The lowest BCUT2D eigenvalue weighted by Crippen LogP contribution is -2.44. The highest BCUT2D eigenvalue weighted by atomic mass is 15.7. The van der Waals surface area contributed by atoms with Gasteiger partial charge in [0.15, 0.2) is 11.6 Å². The molecule has 0 N–H and O–H groups in total. The number of hydrogen-bond acceptors (Lipinski definition) is 0. The van der Waals surface area contributed by atoms with E-state index in [4.69, 9.17) is 0 Å². The second-order valence-electron chi connectivity index (χ2n) is 4.47. The van der Waals surface area contributed by atoms with E-state index in [9.17, 15) is 0 Å². The van der Waals surface area contributed by atoms with Crippen molar-refractivity contribution >= 4 is 0 Å². The molecule has 1 nitrogen and oxygen atoms in total. The van der Waals surface area contributed by atoms with Crippen molar-refractivity contribution in [3.8, 4) is 0 Å². The molecule has 48 valence electrons. The number of piperidine rings is 1. The van der Waals surface area contributed by atoms with Gasteiger partial charge >= 0.3 is 0 Å². The highest BCUT2D eigenvalue weighted by molar-refractivity contribution is 5.26. The third-order valence-electron chi connectivity index (χ3n) is 4.78. The fraction of sp³-hybridized carbons (Fsp3) is 1.00. The predicted molar refractivity (Wildman–Crippen MR) is 33.9 cm³/mol. The van der Waals surface area contributed by atoms with Gasteiger partial charge < -0.3 is 0 Å². The Bertz CT molecular complexity index is 213. The Morgan fingerprint density at radius 1 is 1.33 bits per heavy atom. The Kier molecular flexibility index (Phi) is 0.323. The van der Waals surface area contributed by atoms with Crippen LogP contribution >= 0.6 is 0 Å². The van der Waals surface area contributed by atoms with Gasteiger partial charge in [-0.15, -0.1) is 0 Å². The van der Waals surface area contributed by atoms with Gasteiger partial charge in [-0.1, -0.05) is 0 Å². The number of nitrogens with zero attached hydrogens (tertiary/aromatic N) is 1. The second kappa shape index (κ2) is 0.731. The van der Waals surface area contributed by atoms with Crippen LogP contribution in [0, 0.1) is 5.92 Å². The molecule has 4 atom stereocenters. The van der Waals surface area contributed by atoms with Crippen molar-refractivity contribution in [2.45, 2.75) is 30.8 Å². The van der Waals surface area contributed by atoms with Crippen molar-refractivity contribution in [3.05, 3.63) is 0 Å². The fourth-order valence-corrected chi connectivity index (χ4v) is 4.08. The van der Waals surface area contributed by atoms with E-state index in [0.717, 1.165) is 5.54 Å². The van der Waals surface area contributed by atoms with Crippen LogP contribution in [0.15, 0.2) is 0 Å². The summed E-state index contributed by atoms with van der Waals surface area (Å²) >= 11 is 0. The SMILES string of the molecule is C1CC23C1CC[N+]21CC31. The smallest absolute Gasteiger partial charge is 0.195 e. The summed E-state index contributed by atoms with van der Waals surface area (Å²) in [5, 5.41) is 0. The first-order chi connectivity index (χ1) is 4.40. The highest BCUT2D eigenvalue weighted by Gasteiger charge is 2.99. The average molecular weight is 122 g/mol. The van der Waals surface area contributed by atoms with E-state index in [1.54, 1.807) is 36.8 Å². The van der Waals surface area contributed by atoms with Gasteiger partial charge in [-0.25, -0.2) is 0 Å². The molecule has 1 aliphatic carbocycles. The molecular weight excluding hydrogens is 110 g/mol. The molecular formula is C8H12N+. The van der Waals surface area contributed by atoms with Gasteiger partial charge in [-0.2, -0.15) is 0 Å². The Balaban J connectivity index is 1.94. The molecule has 0 radical (unpaired) electrons. The van der Waals surface area contributed by atoms with Crippen LogP contribution in [0.4, 0.5) is 0 Å². The van der Waals surface area contributed by atoms with E-state index in [1.807, 2.05) is 0 Å². The van der Waals surface area contributed by atoms with Crippen molar-refractivity contribution in [3.63, 3.8) is 0 Å². The monoisotopic (exact) mass is 122 g/mol. The lowest BCUT2D eigenvalue weighted by molar-refractivity contribution is -0.735. The highest BCUT2D eigenvalue weighted by Crippen LogP contribution is 2.79. The molecule has 9 heavy (non-hydrogen) atoms. The molecule has 3 saturated heterocycles. The number of rotatable bonds is 0. The Labute approximate surface area is 55.2 Å². The maximum Gasteiger partial charge on any atom is 0.195 e. The van der Waals surface area contributed by atoms with Crippen LogP contribution in [0.5, 0.6) is 0 Å². The summed E-state index contributed by atoms with van der Waals surface area (Å²) in [6, 6.07) is 1.21. The van der Waals surface area contributed by atoms with Crippen LogP contribution in [0.1, 0.15) is 19.3 Å². The summed E-state index contributed by atoms with van der Waals surface area (Å²) in [6.45, 7) is 3.14. The van der Waals surface area contributed by atoms with Crippen molar-refractivity contribution < 1.29 is 4.48 Å². The summed E-state index contributed by atoms with van der Waals surface area (Å²) in [4.78, 5) is 0. The molecule has 0 bridgehead atoms. The molecule has 1 saturated carbocycles. The zero-order valence-corrected chi connectivity index (χ0v) is 5.64. The van der Waals surface area contributed by atoms with Crippen LogP contribution < -0.4 is 0 Å². The van der Waals surface area contributed by atoms with Gasteiger partial charge in [-0.3, -0.25) is 4.48 Å². The van der Waals surface area contributed by atoms with E-state index in [2.05, 4.69) is 0 Å². The van der Waals surface area contributed by atoms with Crippen molar-refractivity contribution in [1.82, 2.24) is 0 Å². The third-order valence-corrected chi connectivity index (χ3v) is 4.78. The molecule has 0 amide bonds. The first kappa shape index (κ1) is 3.97. The standard InChI is InChI=1S/C8H12N/c1-3-8-6(1)2-4-9(8)5-7(8)9/h6-7H,1-5H2/q+1. The largest absolute Gasteiger partial charge is 0.296 e. The Hall–Kier alpha value is -0.0400. The molecule has 0 aromatic heterocycles. The van der Waals surface area contributed by atoms with E-state index in [-0.39, 0.29) is 0 Å². The molecule has 4 aliphatic rings. The molecule has 3 heterocycles. The molecule has 0 aromatic rings. The second-order valence-corrected chi connectivity index (χ2v) is 4.47. The number of hydrogen-bond donors (Lipinski definition) is 0. The minimum atomic E-state index is 0.972. The van der Waals surface area contributed by atoms with Gasteiger partial charge in [0.2, 0.25) is 0 Å². The van der Waals surface area contributed by atoms with E-state index in [0.29, 0.717) is 0 Å². The van der Waals surface area contributed by atoms with Crippen molar-refractivity contribution in [2.75, 3.05) is 13.1 Å². The molecule has 0 aromatic carbocycles. The topological polar surface area (TPSA) is 0 Å². The van der Waals surface area contributed by atoms with E-state index < -0.39 is 0 Å². The summed E-state index contributed by atoms with van der Waals surface area (Å²) in [5.74, 6) is 1.20. The molecule has 4 unspecified atom stereocenters. The van der Waals surface area contributed by atoms with Crippen LogP contribution in [0.3, 0.4) is 0 Å². The van der Waals surface area contributed by atoms with E-state index in [1.165, 1.54) is 12.0 Å². The van der Waals surface area contributed by atoms with Crippen LogP contribution in [-0.4, -0.2) is 29.2 Å². The molecule has 4 fully saturated rings. The molecule has 3 aliphatic heterocycles. The summed E-state index contributed by atoms with van der Waals surface area (Å²) in [5.41, 5.74) is 0.972. The third kappa shape index (κ3) is 0.177. The average Bonchev–Trinajstić information content (AvgIpc) is 2.47. The molecule has 1 heteroatoms. The predicted octanol–water partition coefficient (Wildman–Crippen LogP) is 0.752. The first-order valence-electron chi connectivity index (χ1n) is 4.27. The summed E-state index contributed by atoms with van der Waals surface area (Å²) in [7, 11) is 0. The Morgan fingerprint density at radius 2 is 2.33 bits per heavy atom. The summed E-state index contributed by atoms with van der Waals surface area (Å²) in [6.07, 6.45) is 4.76. The minimum absolute atomic E-state index is 0.972. The first-order valence-corrected chi connectivity index (χ1v) is 4.27. The lowest BCUT2D eigenvalue weighted by atomic mass is 9.69.